The molecule has 168 valence electrons. The summed E-state index contributed by atoms with van der Waals surface area (Å²) < 4.78 is 37.1. The Balaban J connectivity index is 1.93. The predicted octanol–water partition coefficient (Wildman–Crippen LogP) is 3.87. The number of carbonyl (C=O) groups is 2. The minimum Gasteiger partial charge on any atom is -0.490 e. The molecule has 32 heavy (non-hydrogen) atoms. The van der Waals surface area contributed by atoms with E-state index in [1.54, 1.807) is 37.3 Å². The number of hydrogen-bond acceptors (Lipinski definition) is 7. The van der Waals surface area contributed by atoms with Crippen molar-refractivity contribution in [3.05, 3.63) is 56.0 Å². The number of ether oxygens (including phenoxy) is 1. The van der Waals surface area contributed by atoms with Crippen LogP contribution in [0.3, 0.4) is 0 Å². The van der Waals surface area contributed by atoms with Gasteiger partial charge in [-0.1, -0.05) is 17.7 Å². The third-order valence-electron chi connectivity index (χ3n) is 4.04. The van der Waals surface area contributed by atoms with Crippen LogP contribution in [0.1, 0.15) is 25.0 Å². The van der Waals surface area contributed by atoms with E-state index in [9.17, 15) is 18.0 Å². The summed E-state index contributed by atoms with van der Waals surface area (Å²) in [7, 11) is -4.07. The highest BCUT2D eigenvalue weighted by atomic mass is 127. The van der Waals surface area contributed by atoms with Gasteiger partial charge >= 0.3 is 10.1 Å². The van der Waals surface area contributed by atoms with Crippen molar-refractivity contribution in [1.82, 2.24) is 5.32 Å². The van der Waals surface area contributed by atoms with Gasteiger partial charge in [-0.25, -0.2) is 0 Å². The molecule has 3 rings (SSSR count). The number of amides is 2. The largest absolute Gasteiger partial charge is 0.490 e. The standard InChI is InChI=1S/C21H19IN2O6S2/c1-4-29-17-10-14(11-18-20(26)24-21(31-18)23-13(3)25)9-16(22)19(17)30-32(27,28)15-7-5-12(2)6-8-15/h5-11H,4H2,1-3H3,(H,23,24,25,26)/b18-11-. The summed E-state index contributed by atoms with van der Waals surface area (Å²) in [5, 5.41) is 2.69. The van der Waals surface area contributed by atoms with E-state index in [-0.39, 0.29) is 34.1 Å². The number of halogens is 1. The lowest BCUT2D eigenvalue weighted by Gasteiger charge is -2.15. The van der Waals surface area contributed by atoms with Crippen molar-refractivity contribution < 1.29 is 26.9 Å². The molecule has 0 unspecified atom stereocenters. The van der Waals surface area contributed by atoms with Crippen LogP contribution in [-0.4, -0.2) is 32.0 Å². The topological polar surface area (TPSA) is 111 Å². The molecule has 2 aromatic carbocycles. The Morgan fingerprint density at radius 2 is 1.94 bits per heavy atom. The number of nitrogens with zero attached hydrogens (tertiary/aromatic N) is 1. The van der Waals surface area contributed by atoms with Crippen LogP contribution in [0, 0.1) is 10.5 Å². The van der Waals surface area contributed by atoms with E-state index in [4.69, 9.17) is 8.92 Å². The summed E-state index contributed by atoms with van der Waals surface area (Å²) in [6.07, 6.45) is 1.59. The minimum absolute atomic E-state index is 0.0307. The maximum Gasteiger partial charge on any atom is 0.339 e. The molecule has 2 amide bonds. The molecule has 1 N–H and O–H groups in total. The minimum atomic E-state index is -4.07. The van der Waals surface area contributed by atoms with E-state index in [1.165, 1.54) is 19.1 Å². The van der Waals surface area contributed by atoms with Crippen molar-refractivity contribution in [2.75, 3.05) is 6.61 Å². The second-order valence-electron chi connectivity index (χ2n) is 6.63. The molecular formula is C21H19IN2O6S2. The first kappa shape index (κ1) is 24.3. The molecule has 1 aliphatic rings. The van der Waals surface area contributed by atoms with Gasteiger partial charge in [-0.3, -0.25) is 9.59 Å². The molecule has 0 fully saturated rings. The number of benzene rings is 2. The summed E-state index contributed by atoms with van der Waals surface area (Å²) in [5.74, 6) is -0.514. The third-order valence-corrected chi connectivity index (χ3v) is 6.97. The molecule has 8 nitrogen and oxygen atoms in total. The van der Waals surface area contributed by atoms with Crippen molar-refractivity contribution in [2.24, 2.45) is 4.99 Å². The number of aliphatic imine (C=N–C) groups is 1. The molecule has 2 aromatic rings. The van der Waals surface area contributed by atoms with E-state index in [0.29, 0.717) is 14.0 Å². The van der Waals surface area contributed by atoms with Gasteiger partial charge in [-0.2, -0.15) is 13.4 Å². The molecule has 0 saturated carbocycles. The second kappa shape index (κ2) is 10.0. The van der Waals surface area contributed by atoms with Gasteiger partial charge in [0.1, 0.15) is 4.90 Å². The van der Waals surface area contributed by atoms with Crippen LogP contribution in [0.15, 0.2) is 51.2 Å². The number of thioether (sulfide) groups is 1. The predicted molar refractivity (Wildman–Crippen MR) is 131 cm³/mol. The van der Waals surface area contributed by atoms with Crippen molar-refractivity contribution >= 4 is 67.5 Å². The zero-order valence-electron chi connectivity index (χ0n) is 17.3. The zero-order valence-corrected chi connectivity index (χ0v) is 21.1. The van der Waals surface area contributed by atoms with Gasteiger partial charge in [0.2, 0.25) is 5.91 Å². The van der Waals surface area contributed by atoms with Crippen LogP contribution in [-0.2, 0) is 19.7 Å². The maximum atomic E-state index is 12.8. The summed E-state index contributed by atoms with van der Waals surface area (Å²) in [6, 6.07) is 9.59. The fourth-order valence-corrected chi connectivity index (χ4v) is 5.34. The second-order valence-corrected chi connectivity index (χ2v) is 10.4. The van der Waals surface area contributed by atoms with Gasteiger partial charge in [-0.15, -0.1) is 0 Å². The number of nitrogens with one attached hydrogen (secondary N) is 1. The van der Waals surface area contributed by atoms with Gasteiger partial charge in [-0.05, 0) is 84.1 Å². The molecule has 0 radical (unpaired) electrons. The Labute approximate surface area is 203 Å². The van der Waals surface area contributed by atoms with Gasteiger partial charge in [0.15, 0.2) is 16.7 Å². The van der Waals surface area contributed by atoms with Crippen molar-refractivity contribution in [3.63, 3.8) is 0 Å². The summed E-state index contributed by atoms with van der Waals surface area (Å²) in [5.41, 5.74) is 1.52. The molecule has 0 saturated heterocycles. The molecule has 1 aliphatic heterocycles. The first-order valence-electron chi connectivity index (χ1n) is 9.36. The highest BCUT2D eigenvalue weighted by Crippen LogP contribution is 2.38. The highest BCUT2D eigenvalue weighted by Gasteiger charge is 2.25. The van der Waals surface area contributed by atoms with E-state index < -0.39 is 16.0 Å². The quantitative estimate of drug-likeness (QED) is 0.311. The lowest BCUT2D eigenvalue weighted by Crippen LogP contribution is -2.23. The van der Waals surface area contributed by atoms with E-state index in [0.717, 1.165) is 17.3 Å². The van der Waals surface area contributed by atoms with Gasteiger partial charge < -0.3 is 14.2 Å². The van der Waals surface area contributed by atoms with Crippen molar-refractivity contribution in [2.45, 2.75) is 25.7 Å². The van der Waals surface area contributed by atoms with E-state index >= 15 is 0 Å². The zero-order chi connectivity index (χ0) is 23.5. The molecule has 0 spiro atoms. The van der Waals surface area contributed by atoms with Crippen molar-refractivity contribution in [1.29, 1.82) is 0 Å². The van der Waals surface area contributed by atoms with Crippen molar-refractivity contribution in [3.8, 4) is 11.5 Å². The SMILES string of the molecule is CCOc1cc(/C=C2\SC(NC(C)=O)=NC2=O)cc(I)c1OS(=O)(=O)c1ccc(C)cc1. The lowest BCUT2D eigenvalue weighted by molar-refractivity contribution is -0.117. The Kier molecular flexibility index (Phi) is 7.62. The molecule has 11 heteroatoms. The fraction of sp³-hybridized carbons (Fsp3) is 0.190. The number of aryl methyl sites for hydroxylation is 1. The van der Waals surface area contributed by atoms with Gasteiger partial charge in [0.25, 0.3) is 5.91 Å². The molecule has 1 heterocycles. The lowest BCUT2D eigenvalue weighted by atomic mass is 10.2. The molecule has 0 aromatic heterocycles. The summed E-state index contributed by atoms with van der Waals surface area (Å²) >= 11 is 2.99. The monoisotopic (exact) mass is 586 g/mol. The van der Waals surface area contributed by atoms with Crippen LogP contribution in [0.25, 0.3) is 6.08 Å². The van der Waals surface area contributed by atoms with Gasteiger partial charge in [0, 0.05) is 6.92 Å². The smallest absolute Gasteiger partial charge is 0.339 e. The van der Waals surface area contributed by atoms with Crippen LogP contribution >= 0.6 is 34.4 Å². The Morgan fingerprint density at radius 3 is 2.56 bits per heavy atom. The van der Waals surface area contributed by atoms with E-state index in [1.807, 2.05) is 29.5 Å². The summed E-state index contributed by atoms with van der Waals surface area (Å²) in [6.45, 7) is 5.23. The number of carbonyl (C=O) groups excluding carboxylic acids is 2. The van der Waals surface area contributed by atoms with Crippen LogP contribution in [0.4, 0.5) is 0 Å². The Morgan fingerprint density at radius 1 is 1.25 bits per heavy atom. The molecular weight excluding hydrogens is 567 g/mol. The Hall–Kier alpha value is -2.38. The maximum absolute atomic E-state index is 12.8. The van der Waals surface area contributed by atoms with Crippen LogP contribution < -0.4 is 14.2 Å². The average Bonchev–Trinajstić information content (AvgIpc) is 3.03. The molecule has 0 aliphatic carbocycles. The number of amidine groups is 1. The highest BCUT2D eigenvalue weighted by molar-refractivity contribution is 14.1. The Bertz CT molecular complexity index is 1240. The molecule has 0 atom stereocenters. The van der Waals surface area contributed by atoms with Crippen LogP contribution in [0.2, 0.25) is 0 Å². The third kappa shape index (κ3) is 5.90. The first-order valence-corrected chi connectivity index (χ1v) is 12.7. The summed E-state index contributed by atoms with van der Waals surface area (Å²) in [4.78, 5) is 27.5. The van der Waals surface area contributed by atoms with Crippen LogP contribution in [0.5, 0.6) is 11.5 Å². The average molecular weight is 586 g/mol. The normalized spacial score (nSPS) is 14.9. The first-order chi connectivity index (χ1) is 15.1. The molecule has 0 bridgehead atoms. The van der Waals surface area contributed by atoms with E-state index in [2.05, 4.69) is 10.3 Å². The van der Waals surface area contributed by atoms with Gasteiger partial charge in [0.05, 0.1) is 15.1 Å². The number of hydrogen-bond donors (Lipinski definition) is 1. The fourth-order valence-electron chi connectivity index (χ4n) is 2.64. The number of rotatable bonds is 6.